The van der Waals surface area contributed by atoms with Gasteiger partial charge in [0.1, 0.15) is 11.8 Å². The smallest absolute Gasteiger partial charge is 0.356 e. The van der Waals surface area contributed by atoms with Crippen LogP contribution < -0.4 is 0 Å². The maximum absolute atomic E-state index is 11.9. The fraction of sp³-hybridized carbons (Fsp3) is 0.214. The first-order valence-electron chi connectivity index (χ1n) is 5.63. The van der Waals surface area contributed by atoms with Crippen LogP contribution in [0.15, 0.2) is 36.9 Å². The minimum absolute atomic E-state index is 0.180. The number of rotatable bonds is 2. The molecule has 0 bridgehead atoms. The highest BCUT2D eigenvalue weighted by Crippen LogP contribution is 2.39. The molecule has 3 heteroatoms. The molecule has 2 heterocycles. The minimum Gasteiger partial charge on any atom is -0.452 e. The molecule has 17 heavy (non-hydrogen) atoms. The molecule has 1 aliphatic heterocycles. The topological polar surface area (TPSA) is 31.2 Å². The number of para-hydroxylation sites is 1. The van der Waals surface area contributed by atoms with Gasteiger partial charge in [0, 0.05) is 29.9 Å². The van der Waals surface area contributed by atoms with Crippen molar-refractivity contribution in [2.45, 2.75) is 12.5 Å². The van der Waals surface area contributed by atoms with E-state index in [1.165, 1.54) is 0 Å². The first-order valence-corrected chi connectivity index (χ1v) is 5.63. The normalized spacial score (nSPS) is 18.2. The lowest BCUT2D eigenvalue weighted by atomic mass is 10.0. The molecule has 0 spiro atoms. The third-order valence-electron chi connectivity index (χ3n) is 3.29. The maximum Gasteiger partial charge on any atom is 0.356 e. The molecular formula is C14H13NO2. The summed E-state index contributed by atoms with van der Waals surface area (Å²) in [5.41, 5.74) is 2.76. The van der Waals surface area contributed by atoms with E-state index in [2.05, 4.69) is 6.58 Å². The van der Waals surface area contributed by atoms with E-state index in [4.69, 9.17) is 4.74 Å². The van der Waals surface area contributed by atoms with Crippen molar-refractivity contribution >= 4 is 16.9 Å². The van der Waals surface area contributed by atoms with Crippen LogP contribution in [0.5, 0.6) is 0 Å². The summed E-state index contributed by atoms with van der Waals surface area (Å²) >= 11 is 0. The van der Waals surface area contributed by atoms with Crippen molar-refractivity contribution < 1.29 is 9.53 Å². The Bertz CT molecular complexity index is 624. The van der Waals surface area contributed by atoms with Gasteiger partial charge in [-0.2, -0.15) is 0 Å². The fourth-order valence-electron chi connectivity index (χ4n) is 2.56. The lowest BCUT2D eigenvalue weighted by molar-refractivity contribution is 0.0386. The van der Waals surface area contributed by atoms with Crippen molar-refractivity contribution in [2.75, 3.05) is 0 Å². The van der Waals surface area contributed by atoms with E-state index in [0.717, 1.165) is 16.5 Å². The molecule has 0 aliphatic carbocycles. The van der Waals surface area contributed by atoms with Crippen molar-refractivity contribution in [3.05, 3.63) is 48.2 Å². The monoisotopic (exact) mass is 227 g/mol. The van der Waals surface area contributed by atoms with Gasteiger partial charge in [0.05, 0.1) is 0 Å². The fourth-order valence-corrected chi connectivity index (χ4v) is 2.56. The summed E-state index contributed by atoms with van der Waals surface area (Å²) in [5.74, 6) is -0.231. The van der Waals surface area contributed by atoms with Gasteiger partial charge < -0.3 is 9.30 Å². The number of carbonyl (C=O) groups excluding carboxylic acids is 1. The number of benzene rings is 1. The number of hydrogen-bond donors (Lipinski definition) is 0. The summed E-state index contributed by atoms with van der Waals surface area (Å²) in [6.45, 7) is 3.71. The zero-order chi connectivity index (χ0) is 12.0. The highest BCUT2D eigenvalue weighted by molar-refractivity contribution is 6.02. The second-order valence-corrected chi connectivity index (χ2v) is 4.26. The van der Waals surface area contributed by atoms with E-state index in [9.17, 15) is 4.79 Å². The number of esters is 1. The van der Waals surface area contributed by atoms with Gasteiger partial charge >= 0.3 is 5.97 Å². The molecule has 1 aromatic heterocycles. The third-order valence-corrected chi connectivity index (χ3v) is 3.29. The van der Waals surface area contributed by atoms with E-state index in [-0.39, 0.29) is 12.1 Å². The zero-order valence-corrected chi connectivity index (χ0v) is 9.64. The van der Waals surface area contributed by atoms with E-state index < -0.39 is 0 Å². The molecule has 0 saturated heterocycles. The second-order valence-electron chi connectivity index (χ2n) is 4.26. The molecule has 0 amide bonds. The van der Waals surface area contributed by atoms with Crippen LogP contribution in [0.1, 0.15) is 28.6 Å². The Morgan fingerprint density at radius 2 is 2.24 bits per heavy atom. The number of ether oxygens (including phenoxy) is 1. The molecule has 0 radical (unpaired) electrons. The van der Waals surface area contributed by atoms with Crippen LogP contribution >= 0.6 is 0 Å². The number of fused-ring (bicyclic) bond motifs is 3. The van der Waals surface area contributed by atoms with Crippen molar-refractivity contribution in [1.82, 2.24) is 4.57 Å². The molecule has 3 rings (SSSR count). The molecule has 1 unspecified atom stereocenters. The largest absolute Gasteiger partial charge is 0.452 e. The van der Waals surface area contributed by atoms with Crippen LogP contribution in [0.25, 0.3) is 10.9 Å². The van der Waals surface area contributed by atoms with Crippen LogP contribution in [0.2, 0.25) is 0 Å². The summed E-state index contributed by atoms with van der Waals surface area (Å²) < 4.78 is 7.28. The number of nitrogens with zero attached hydrogens (tertiary/aromatic N) is 1. The maximum atomic E-state index is 11.9. The first-order chi connectivity index (χ1) is 8.24. The molecule has 1 atom stereocenters. The van der Waals surface area contributed by atoms with Gasteiger partial charge in [0.25, 0.3) is 0 Å². The second kappa shape index (κ2) is 3.48. The summed E-state index contributed by atoms with van der Waals surface area (Å²) in [5, 5.41) is 1.10. The zero-order valence-electron chi connectivity index (χ0n) is 9.64. The van der Waals surface area contributed by atoms with E-state index in [1.54, 1.807) is 6.08 Å². The van der Waals surface area contributed by atoms with Crippen molar-refractivity contribution in [3.8, 4) is 0 Å². The van der Waals surface area contributed by atoms with Crippen LogP contribution in [0.3, 0.4) is 0 Å². The molecule has 0 saturated carbocycles. The Kier molecular flexibility index (Phi) is 2.08. The Balaban J connectivity index is 2.33. The third kappa shape index (κ3) is 1.25. The van der Waals surface area contributed by atoms with Crippen molar-refractivity contribution in [1.29, 1.82) is 0 Å². The molecule has 86 valence electrons. The molecule has 0 N–H and O–H groups in total. The van der Waals surface area contributed by atoms with Crippen LogP contribution in [0.4, 0.5) is 0 Å². The van der Waals surface area contributed by atoms with Gasteiger partial charge in [0.15, 0.2) is 0 Å². The highest BCUT2D eigenvalue weighted by Gasteiger charge is 2.35. The SMILES string of the molecule is C=CCC1OC(=O)c2c1c1ccccc1n2C. The Morgan fingerprint density at radius 3 is 3.00 bits per heavy atom. The summed E-state index contributed by atoms with van der Waals surface area (Å²) in [4.78, 5) is 11.9. The molecule has 3 nitrogen and oxygen atoms in total. The van der Waals surface area contributed by atoms with Crippen molar-refractivity contribution in [2.24, 2.45) is 7.05 Å². The minimum atomic E-state index is -0.231. The Hall–Kier alpha value is -2.03. The number of aryl methyl sites for hydroxylation is 1. The Morgan fingerprint density at radius 1 is 1.47 bits per heavy atom. The Labute approximate surface area is 99.3 Å². The van der Waals surface area contributed by atoms with Gasteiger partial charge in [0.2, 0.25) is 0 Å². The molecular weight excluding hydrogens is 214 g/mol. The van der Waals surface area contributed by atoms with Crippen LogP contribution in [-0.2, 0) is 11.8 Å². The molecule has 1 aromatic carbocycles. The van der Waals surface area contributed by atoms with E-state index >= 15 is 0 Å². The summed E-state index contributed by atoms with van der Waals surface area (Å²) in [7, 11) is 1.90. The average Bonchev–Trinajstić information content (AvgIpc) is 2.80. The number of hydrogen-bond acceptors (Lipinski definition) is 2. The number of aromatic nitrogens is 1. The number of cyclic esters (lactones) is 1. The van der Waals surface area contributed by atoms with E-state index in [1.807, 2.05) is 35.9 Å². The average molecular weight is 227 g/mol. The standard InChI is InChI=1S/C14H13NO2/c1-3-6-11-12-9-7-4-5-8-10(9)15(2)13(12)14(16)17-11/h3-5,7-8,11H,1,6H2,2H3. The lowest BCUT2D eigenvalue weighted by Crippen LogP contribution is -2.03. The van der Waals surface area contributed by atoms with Gasteiger partial charge in [-0.05, 0) is 6.07 Å². The molecule has 2 aromatic rings. The summed E-state index contributed by atoms with van der Waals surface area (Å²) in [6.07, 6.45) is 2.27. The lowest BCUT2D eigenvalue weighted by Gasteiger charge is -2.07. The van der Waals surface area contributed by atoms with Crippen molar-refractivity contribution in [3.63, 3.8) is 0 Å². The predicted molar refractivity (Wildman–Crippen MR) is 65.9 cm³/mol. The quantitative estimate of drug-likeness (QED) is 0.583. The van der Waals surface area contributed by atoms with Gasteiger partial charge in [-0.15, -0.1) is 6.58 Å². The molecule has 1 aliphatic rings. The molecule has 0 fully saturated rings. The van der Waals surface area contributed by atoms with Crippen LogP contribution in [0, 0.1) is 0 Å². The summed E-state index contributed by atoms with van der Waals surface area (Å²) in [6, 6.07) is 8.01. The van der Waals surface area contributed by atoms with Gasteiger partial charge in [-0.3, -0.25) is 0 Å². The predicted octanol–water partition coefficient (Wildman–Crippen LogP) is 2.97. The first kappa shape index (κ1) is 10.1. The highest BCUT2D eigenvalue weighted by atomic mass is 16.5. The van der Waals surface area contributed by atoms with Gasteiger partial charge in [-0.25, -0.2) is 4.79 Å². The van der Waals surface area contributed by atoms with Crippen LogP contribution in [-0.4, -0.2) is 10.5 Å². The van der Waals surface area contributed by atoms with Gasteiger partial charge in [-0.1, -0.05) is 24.3 Å². The number of carbonyl (C=O) groups is 1. The van der Waals surface area contributed by atoms with E-state index in [0.29, 0.717) is 12.1 Å².